The van der Waals surface area contributed by atoms with Gasteiger partial charge in [-0.15, -0.1) is 6.58 Å². The SMILES string of the molecule is C=CCn1c(C)c(C=C2C(=O)NC(=O)N(c3cc(C)cc(C)c3)C2=O)c2ccccc21. The van der Waals surface area contributed by atoms with Crippen LogP contribution in [0.2, 0.25) is 0 Å². The fraction of sp³-hybridized carbons (Fsp3) is 0.160. The van der Waals surface area contributed by atoms with Crippen molar-refractivity contribution in [3.63, 3.8) is 0 Å². The lowest BCUT2D eigenvalue weighted by Crippen LogP contribution is -2.54. The Balaban J connectivity index is 1.87. The summed E-state index contributed by atoms with van der Waals surface area (Å²) in [6.07, 6.45) is 3.38. The van der Waals surface area contributed by atoms with Crippen molar-refractivity contribution in [1.82, 2.24) is 9.88 Å². The van der Waals surface area contributed by atoms with Crippen LogP contribution in [0.3, 0.4) is 0 Å². The molecule has 0 atom stereocenters. The number of amides is 4. The molecule has 6 nitrogen and oxygen atoms in total. The molecule has 156 valence electrons. The van der Waals surface area contributed by atoms with E-state index in [9.17, 15) is 14.4 Å². The Bertz CT molecular complexity index is 1280. The normalized spacial score (nSPS) is 15.6. The molecular weight excluding hydrogens is 390 g/mol. The van der Waals surface area contributed by atoms with Crippen molar-refractivity contribution in [3.05, 3.63) is 83.1 Å². The van der Waals surface area contributed by atoms with E-state index in [4.69, 9.17) is 0 Å². The summed E-state index contributed by atoms with van der Waals surface area (Å²) in [5.41, 5.74) is 4.85. The van der Waals surface area contributed by atoms with Gasteiger partial charge in [-0.2, -0.15) is 0 Å². The topological polar surface area (TPSA) is 71.4 Å². The monoisotopic (exact) mass is 413 g/mol. The summed E-state index contributed by atoms with van der Waals surface area (Å²) in [7, 11) is 0. The van der Waals surface area contributed by atoms with E-state index < -0.39 is 17.8 Å². The van der Waals surface area contributed by atoms with Gasteiger partial charge >= 0.3 is 6.03 Å². The summed E-state index contributed by atoms with van der Waals surface area (Å²) in [5, 5.41) is 3.22. The summed E-state index contributed by atoms with van der Waals surface area (Å²) in [4.78, 5) is 39.5. The molecule has 1 aliphatic rings. The van der Waals surface area contributed by atoms with Crippen LogP contribution in [0.1, 0.15) is 22.4 Å². The molecule has 2 aromatic carbocycles. The van der Waals surface area contributed by atoms with Crippen molar-refractivity contribution in [1.29, 1.82) is 0 Å². The number of carbonyl (C=O) groups excluding carboxylic acids is 3. The van der Waals surface area contributed by atoms with Crippen LogP contribution in [0.5, 0.6) is 0 Å². The molecule has 4 amide bonds. The molecule has 4 rings (SSSR count). The van der Waals surface area contributed by atoms with Gasteiger partial charge in [-0.1, -0.05) is 30.3 Å². The Hall–Kier alpha value is -3.93. The first-order valence-electron chi connectivity index (χ1n) is 10.00. The summed E-state index contributed by atoms with van der Waals surface area (Å²) < 4.78 is 2.08. The molecule has 0 bridgehead atoms. The highest BCUT2D eigenvalue weighted by Crippen LogP contribution is 2.30. The second-order valence-electron chi connectivity index (χ2n) is 7.72. The number of aromatic nitrogens is 1. The van der Waals surface area contributed by atoms with E-state index >= 15 is 0 Å². The molecule has 0 unspecified atom stereocenters. The van der Waals surface area contributed by atoms with Crippen LogP contribution in [0.15, 0.2) is 60.7 Å². The molecule has 31 heavy (non-hydrogen) atoms. The van der Waals surface area contributed by atoms with Crippen molar-refractivity contribution in [2.45, 2.75) is 27.3 Å². The van der Waals surface area contributed by atoms with E-state index in [-0.39, 0.29) is 5.57 Å². The maximum Gasteiger partial charge on any atom is 0.335 e. The molecule has 0 radical (unpaired) electrons. The number of nitrogens with zero attached hydrogens (tertiary/aromatic N) is 2. The smallest absolute Gasteiger partial charge is 0.335 e. The number of hydrogen-bond donors (Lipinski definition) is 1. The molecule has 0 aliphatic carbocycles. The molecule has 2 heterocycles. The maximum atomic E-state index is 13.3. The number of nitrogens with one attached hydrogen (secondary N) is 1. The van der Waals surface area contributed by atoms with Gasteiger partial charge in [0.05, 0.1) is 5.69 Å². The molecule has 0 spiro atoms. The van der Waals surface area contributed by atoms with Gasteiger partial charge in [-0.3, -0.25) is 14.9 Å². The number of barbiturate groups is 1. The summed E-state index contributed by atoms with van der Waals surface area (Å²) in [6, 6.07) is 12.5. The number of allylic oxidation sites excluding steroid dienone is 1. The zero-order chi connectivity index (χ0) is 22.3. The van der Waals surface area contributed by atoms with Crippen LogP contribution < -0.4 is 10.2 Å². The van der Waals surface area contributed by atoms with Gasteiger partial charge in [0.1, 0.15) is 5.57 Å². The van der Waals surface area contributed by atoms with Crippen LogP contribution in [0.4, 0.5) is 10.5 Å². The van der Waals surface area contributed by atoms with Crippen molar-refractivity contribution in [2.75, 3.05) is 4.90 Å². The molecule has 3 aromatic rings. The van der Waals surface area contributed by atoms with E-state index in [0.29, 0.717) is 12.2 Å². The minimum Gasteiger partial charge on any atom is -0.340 e. The quantitative estimate of drug-likeness (QED) is 0.391. The van der Waals surface area contributed by atoms with Crippen LogP contribution in [-0.4, -0.2) is 22.4 Å². The predicted octanol–water partition coefficient (Wildman–Crippen LogP) is 4.42. The fourth-order valence-electron chi connectivity index (χ4n) is 4.12. The molecular formula is C25H23N3O3. The van der Waals surface area contributed by atoms with E-state index in [1.54, 1.807) is 24.3 Å². The first-order valence-corrected chi connectivity index (χ1v) is 10.00. The van der Waals surface area contributed by atoms with Crippen LogP contribution in [0.25, 0.3) is 17.0 Å². The number of urea groups is 1. The van der Waals surface area contributed by atoms with Gasteiger partial charge in [-0.05, 0) is 56.2 Å². The first kappa shape index (κ1) is 20.3. The number of rotatable bonds is 4. The van der Waals surface area contributed by atoms with Gasteiger partial charge in [-0.25, -0.2) is 9.69 Å². The minimum atomic E-state index is -0.747. The summed E-state index contributed by atoms with van der Waals surface area (Å²) in [5.74, 6) is -1.34. The maximum absolute atomic E-state index is 13.3. The third-order valence-corrected chi connectivity index (χ3v) is 5.45. The Morgan fingerprint density at radius 2 is 1.68 bits per heavy atom. The Morgan fingerprint density at radius 3 is 2.35 bits per heavy atom. The lowest BCUT2D eigenvalue weighted by atomic mass is 10.0. The molecule has 1 saturated heterocycles. The molecule has 1 aromatic heterocycles. The van der Waals surface area contributed by atoms with E-state index in [0.717, 1.165) is 38.2 Å². The van der Waals surface area contributed by atoms with E-state index in [1.807, 2.05) is 51.1 Å². The van der Waals surface area contributed by atoms with Gasteiger partial charge in [0.25, 0.3) is 11.8 Å². The predicted molar refractivity (Wildman–Crippen MR) is 122 cm³/mol. The zero-order valence-electron chi connectivity index (χ0n) is 17.7. The number of imide groups is 2. The van der Waals surface area contributed by atoms with Crippen molar-refractivity contribution in [3.8, 4) is 0 Å². The second kappa shape index (κ2) is 7.72. The van der Waals surface area contributed by atoms with Gasteiger partial charge in [0, 0.05) is 28.7 Å². The van der Waals surface area contributed by atoms with Crippen LogP contribution in [-0.2, 0) is 16.1 Å². The third kappa shape index (κ3) is 3.46. The highest BCUT2D eigenvalue weighted by atomic mass is 16.2. The van der Waals surface area contributed by atoms with Crippen LogP contribution >= 0.6 is 0 Å². The number of anilines is 1. The summed E-state index contributed by atoms with van der Waals surface area (Å²) in [6.45, 7) is 10.1. The Labute approximate surface area is 180 Å². The lowest BCUT2D eigenvalue weighted by molar-refractivity contribution is -0.122. The standard InChI is InChI=1S/C25H23N3O3/c1-5-10-27-17(4)20(19-8-6-7-9-22(19)27)14-21-23(29)26-25(31)28(24(21)30)18-12-15(2)11-16(3)13-18/h5-9,11-14H,1,10H2,2-4H3,(H,26,29,31). The Morgan fingerprint density at radius 1 is 1.00 bits per heavy atom. The van der Waals surface area contributed by atoms with Crippen molar-refractivity contribution in [2.24, 2.45) is 0 Å². The van der Waals surface area contributed by atoms with Crippen LogP contribution in [0, 0.1) is 20.8 Å². The average molecular weight is 413 g/mol. The number of carbonyl (C=O) groups is 3. The molecule has 6 heteroatoms. The average Bonchev–Trinajstić information content (AvgIpc) is 2.96. The largest absolute Gasteiger partial charge is 0.340 e. The van der Waals surface area contributed by atoms with Gasteiger partial charge in [0.15, 0.2) is 0 Å². The third-order valence-electron chi connectivity index (χ3n) is 5.45. The molecule has 0 saturated carbocycles. The second-order valence-corrected chi connectivity index (χ2v) is 7.72. The molecule has 1 N–H and O–H groups in total. The van der Waals surface area contributed by atoms with Crippen molar-refractivity contribution >= 4 is 40.5 Å². The zero-order valence-corrected chi connectivity index (χ0v) is 17.7. The Kier molecular flexibility index (Phi) is 5.07. The van der Waals surface area contributed by atoms with Gasteiger partial charge in [0.2, 0.25) is 0 Å². The number of benzene rings is 2. The number of hydrogen-bond acceptors (Lipinski definition) is 3. The highest BCUT2D eigenvalue weighted by Gasteiger charge is 2.37. The summed E-state index contributed by atoms with van der Waals surface area (Å²) >= 11 is 0. The number of para-hydroxylation sites is 1. The van der Waals surface area contributed by atoms with E-state index in [1.165, 1.54) is 0 Å². The van der Waals surface area contributed by atoms with Gasteiger partial charge < -0.3 is 4.57 Å². The first-order chi connectivity index (χ1) is 14.8. The number of fused-ring (bicyclic) bond motifs is 1. The fourth-order valence-corrected chi connectivity index (χ4v) is 4.12. The minimum absolute atomic E-state index is 0.0802. The molecule has 1 fully saturated rings. The lowest BCUT2D eigenvalue weighted by Gasteiger charge is -2.27. The highest BCUT2D eigenvalue weighted by molar-refractivity contribution is 6.39. The van der Waals surface area contributed by atoms with Crippen molar-refractivity contribution < 1.29 is 14.4 Å². The van der Waals surface area contributed by atoms with E-state index in [2.05, 4.69) is 16.5 Å². The number of aryl methyl sites for hydroxylation is 2. The molecule has 1 aliphatic heterocycles.